The average Bonchev–Trinajstić information content (AvgIpc) is 2.48. The van der Waals surface area contributed by atoms with E-state index in [0.29, 0.717) is 17.6 Å². The van der Waals surface area contributed by atoms with Gasteiger partial charge >= 0.3 is 0 Å². The summed E-state index contributed by atoms with van der Waals surface area (Å²) in [6, 6.07) is 7.89. The zero-order valence-electron chi connectivity index (χ0n) is 13.8. The van der Waals surface area contributed by atoms with Crippen LogP contribution < -0.4 is 4.74 Å². The highest BCUT2D eigenvalue weighted by atomic mass is 16.5. The molecule has 1 aromatic carbocycles. The van der Waals surface area contributed by atoms with Gasteiger partial charge in [0.25, 0.3) is 0 Å². The van der Waals surface area contributed by atoms with Gasteiger partial charge in [-0.1, -0.05) is 39.8 Å². The quantitative estimate of drug-likeness (QED) is 0.750. The van der Waals surface area contributed by atoms with Crippen LogP contribution in [0.5, 0.6) is 5.75 Å². The van der Waals surface area contributed by atoms with Crippen LogP contribution in [0.3, 0.4) is 0 Å². The Bertz CT molecular complexity index is 539. The van der Waals surface area contributed by atoms with E-state index in [1.54, 1.807) is 7.11 Å². The number of carbonyl (C=O) groups excluding carboxylic acids is 1. The van der Waals surface area contributed by atoms with E-state index in [1.165, 1.54) is 0 Å². The van der Waals surface area contributed by atoms with E-state index in [-0.39, 0.29) is 5.41 Å². The molecule has 0 heterocycles. The van der Waals surface area contributed by atoms with E-state index >= 15 is 0 Å². The smallest absolute Gasteiger partial charge is 0.165 e. The molecule has 2 atom stereocenters. The highest BCUT2D eigenvalue weighted by Gasteiger charge is 2.42. The third-order valence-electron chi connectivity index (χ3n) is 5.12. The molecule has 0 amide bonds. The van der Waals surface area contributed by atoms with Crippen molar-refractivity contribution >= 4 is 11.9 Å². The molecule has 2 unspecified atom stereocenters. The molecule has 0 saturated heterocycles. The second kappa shape index (κ2) is 6.05. The molecule has 114 valence electrons. The molecule has 0 bridgehead atoms. The van der Waals surface area contributed by atoms with Crippen LogP contribution >= 0.6 is 0 Å². The van der Waals surface area contributed by atoms with Crippen molar-refractivity contribution in [2.24, 2.45) is 17.3 Å². The van der Waals surface area contributed by atoms with Crippen LogP contribution in [0, 0.1) is 17.3 Å². The number of ether oxygens (including phenoxy) is 1. The molecule has 1 aromatic rings. The minimum absolute atomic E-state index is 0.217. The van der Waals surface area contributed by atoms with Gasteiger partial charge < -0.3 is 4.74 Å². The maximum absolute atomic E-state index is 12.9. The second-order valence-electron chi connectivity index (χ2n) is 6.71. The summed E-state index contributed by atoms with van der Waals surface area (Å²) in [4.78, 5) is 12.9. The molecule has 2 nitrogen and oxygen atoms in total. The number of hydrogen-bond donors (Lipinski definition) is 0. The van der Waals surface area contributed by atoms with E-state index in [2.05, 4.69) is 33.8 Å². The third-order valence-corrected chi connectivity index (χ3v) is 5.12. The Morgan fingerprint density at radius 2 is 1.90 bits per heavy atom. The van der Waals surface area contributed by atoms with Crippen molar-refractivity contribution < 1.29 is 9.53 Å². The Labute approximate surface area is 128 Å². The molecule has 0 aromatic heterocycles. The monoisotopic (exact) mass is 286 g/mol. The number of methoxy groups -OCH3 is 1. The highest BCUT2D eigenvalue weighted by molar-refractivity contribution is 6.04. The molecule has 2 rings (SSSR count). The van der Waals surface area contributed by atoms with E-state index in [9.17, 15) is 4.79 Å². The standard InChI is InChI=1S/C19H26O2/c1-13(2)19(4)11-10-14(3)17(18(19)20)12-15-6-8-16(21-5)9-7-15/h6-9,12-14H,10-11H2,1-5H3/b17-12+. The molecule has 1 aliphatic carbocycles. The highest BCUT2D eigenvalue weighted by Crippen LogP contribution is 2.44. The number of hydrogen-bond acceptors (Lipinski definition) is 2. The fourth-order valence-corrected chi connectivity index (χ4v) is 2.98. The van der Waals surface area contributed by atoms with Crippen LogP contribution in [-0.2, 0) is 4.79 Å². The van der Waals surface area contributed by atoms with Gasteiger partial charge in [-0.05, 0) is 54.0 Å². The normalized spacial score (nSPS) is 28.2. The first-order chi connectivity index (χ1) is 9.88. The van der Waals surface area contributed by atoms with Gasteiger partial charge in [0.15, 0.2) is 5.78 Å². The number of benzene rings is 1. The lowest BCUT2D eigenvalue weighted by molar-refractivity contribution is -0.129. The van der Waals surface area contributed by atoms with Crippen molar-refractivity contribution in [3.8, 4) is 5.75 Å². The minimum atomic E-state index is -0.217. The molecule has 1 saturated carbocycles. The van der Waals surface area contributed by atoms with Gasteiger partial charge in [-0.15, -0.1) is 0 Å². The lowest BCUT2D eigenvalue weighted by Crippen LogP contribution is -2.40. The molecule has 0 N–H and O–H groups in total. The Morgan fingerprint density at radius 1 is 1.29 bits per heavy atom. The maximum atomic E-state index is 12.9. The number of carbonyl (C=O) groups is 1. The van der Waals surface area contributed by atoms with Gasteiger partial charge in [0.1, 0.15) is 5.75 Å². The van der Waals surface area contributed by atoms with Crippen LogP contribution in [-0.4, -0.2) is 12.9 Å². The fourth-order valence-electron chi connectivity index (χ4n) is 2.98. The van der Waals surface area contributed by atoms with Gasteiger partial charge in [-0.2, -0.15) is 0 Å². The SMILES string of the molecule is COc1ccc(/C=C2/C(=O)C(C)(C(C)C)CCC2C)cc1. The first-order valence-electron chi connectivity index (χ1n) is 7.79. The number of allylic oxidation sites excluding steroid dienone is 1. The van der Waals surface area contributed by atoms with Crippen LogP contribution in [0.15, 0.2) is 29.8 Å². The summed E-state index contributed by atoms with van der Waals surface area (Å²) in [5.41, 5.74) is 1.83. The second-order valence-corrected chi connectivity index (χ2v) is 6.71. The summed E-state index contributed by atoms with van der Waals surface area (Å²) < 4.78 is 5.18. The van der Waals surface area contributed by atoms with E-state index < -0.39 is 0 Å². The van der Waals surface area contributed by atoms with E-state index in [0.717, 1.165) is 29.7 Å². The predicted molar refractivity (Wildman–Crippen MR) is 87.3 cm³/mol. The molecular weight excluding hydrogens is 260 g/mol. The molecule has 1 fully saturated rings. The molecule has 0 spiro atoms. The summed E-state index contributed by atoms with van der Waals surface area (Å²) in [7, 11) is 1.66. The Morgan fingerprint density at radius 3 is 2.43 bits per heavy atom. The van der Waals surface area contributed by atoms with E-state index in [1.807, 2.05) is 24.3 Å². The van der Waals surface area contributed by atoms with Crippen molar-refractivity contribution in [2.45, 2.75) is 40.5 Å². The Hall–Kier alpha value is -1.57. The maximum Gasteiger partial charge on any atom is 0.165 e. The van der Waals surface area contributed by atoms with Gasteiger partial charge in [0.05, 0.1) is 7.11 Å². The first-order valence-corrected chi connectivity index (χ1v) is 7.79. The van der Waals surface area contributed by atoms with Crippen LogP contribution in [0.25, 0.3) is 6.08 Å². The zero-order chi connectivity index (χ0) is 15.6. The van der Waals surface area contributed by atoms with Crippen LogP contribution in [0.2, 0.25) is 0 Å². The van der Waals surface area contributed by atoms with Gasteiger partial charge in [0, 0.05) is 5.41 Å². The Balaban J connectivity index is 2.34. The molecule has 2 heteroatoms. The van der Waals surface area contributed by atoms with Gasteiger partial charge in [-0.25, -0.2) is 0 Å². The predicted octanol–water partition coefficient (Wildman–Crippen LogP) is 4.74. The van der Waals surface area contributed by atoms with Crippen molar-refractivity contribution in [3.05, 3.63) is 35.4 Å². The Kier molecular flexibility index (Phi) is 4.55. The van der Waals surface area contributed by atoms with Crippen LogP contribution in [0.4, 0.5) is 0 Å². The molecule has 21 heavy (non-hydrogen) atoms. The average molecular weight is 286 g/mol. The molecular formula is C19H26O2. The summed E-state index contributed by atoms with van der Waals surface area (Å²) in [6.07, 6.45) is 4.14. The molecule has 1 aliphatic rings. The summed E-state index contributed by atoms with van der Waals surface area (Å²) in [6.45, 7) is 8.58. The topological polar surface area (TPSA) is 26.3 Å². The lowest BCUT2D eigenvalue weighted by atomic mass is 9.63. The third kappa shape index (κ3) is 3.04. The zero-order valence-corrected chi connectivity index (χ0v) is 13.8. The molecule has 0 aliphatic heterocycles. The number of rotatable bonds is 3. The summed E-state index contributed by atoms with van der Waals surface area (Å²) >= 11 is 0. The van der Waals surface area contributed by atoms with Gasteiger partial charge in [-0.3, -0.25) is 4.79 Å². The molecule has 0 radical (unpaired) electrons. The first kappa shape index (κ1) is 15.8. The van der Waals surface area contributed by atoms with E-state index in [4.69, 9.17) is 4.74 Å². The lowest BCUT2D eigenvalue weighted by Gasteiger charge is -2.39. The number of Topliss-reactive ketones (excluding diaryl/α,β-unsaturated/α-hetero) is 1. The van der Waals surface area contributed by atoms with Crippen LogP contribution in [0.1, 0.15) is 46.1 Å². The van der Waals surface area contributed by atoms with Crippen molar-refractivity contribution in [1.82, 2.24) is 0 Å². The van der Waals surface area contributed by atoms with Crippen molar-refractivity contribution in [2.75, 3.05) is 7.11 Å². The largest absolute Gasteiger partial charge is 0.497 e. The summed E-state index contributed by atoms with van der Waals surface area (Å²) in [5.74, 6) is 1.88. The fraction of sp³-hybridized carbons (Fsp3) is 0.526. The minimum Gasteiger partial charge on any atom is -0.497 e. The van der Waals surface area contributed by atoms with Gasteiger partial charge in [0.2, 0.25) is 0 Å². The summed E-state index contributed by atoms with van der Waals surface area (Å²) in [5, 5.41) is 0. The van der Waals surface area contributed by atoms with Crippen molar-refractivity contribution in [3.63, 3.8) is 0 Å². The number of ketones is 1. The van der Waals surface area contributed by atoms with Crippen molar-refractivity contribution in [1.29, 1.82) is 0 Å².